The topological polar surface area (TPSA) is 35.9 Å². The van der Waals surface area contributed by atoms with E-state index in [1.165, 1.54) is 16.7 Å². The minimum Gasteiger partial charge on any atom is -0.337 e. The van der Waals surface area contributed by atoms with Gasteiger partial charge < -0.3 is 4.90 Å². The molecular formula is C20H19N3OS2. The summed E-state index contributed by atoms with van der Waals surface area (Å²) in [4.78, 5) is 23.6. The maximum absolute atomic E-state index is 13.0. The summed E-state index contributed by atoms with van der Waals surface area (Å²) in [6.07, 6.45) is 0. The third-order valence-corrected chi connectivity index (χ3v) is 6.88. The van der Waals surface area contributed by atoms with Gasteiger partial charge in [-0.1, -0.05) is 42.1 Å². The predicted molar refractivity (Wildman–Crippen MR) is 111 cm³/mol. The highest BCUT2D eigenvalue weighted by Gasteiger charge is 2.38. The van der Waals surface area contributed by atoms with Crippen LogP contribution in [0.4, 0.5) is 11.4 Å². The first-order valence-electron chi connectivity index (χ1n) is 8.49. The number of anilines is 1. The fourth-order valence-electron chi connectivity index (χ4n) is 2.99. The summed E-state index contributed by atoms with van der Waals surface area (Å²) in [5.41, 5.74) is 3.15. The van der Waals surface area contributed by atoms with Crippen LogP contribution in [0.5, 0.6) is 0 Å². The number of nitrogens with zero attached hydrogens (tertiary/aromatic N) is 3. The molecule has 2 aliphatic heterocycles. The molecule has 0 N–H and O–H groups in total. The zero-order valence-corrected chi connectivity index (χ0v) is 16.5. The van der Waals surface area contributed by atoms with Gasteiger partial charge in [-0.15, -0.1) is 0 Å². The average molecular weight is 382 g/mol. The minimum absolute atomic E-state index is 0.0343. The van der Waals surface area contributed by atoms with Crippen LogP contribution in [0.1, 0.15) is 12.5 Å². The smallest absolute Gasteiger partial charge is 0.269 e. The molecule has 4 nitrogen and oxygen atoms in total. The molecule has 0 saturated carbocycles. The number of amidine groups is 1. The monoisotopic (exact) mass is 381 g/mol. The van der Waals surface area contributed by atoms with Crippen molar-refractivity contribution in [3.63, 3.8) is 0 Å². The van der Waals surface area contributed by atoms with Crippen LogP contribution in [0.3, 0.4) is 0 Å². The van der Waals surface area contributed by atoms with Crippen molar-refractivity contribution < 1.29 is 4.79 Å². The van der Waals surface area contributed by atoms with Crippen molar-refractivity contribution in [1.82, 2.24) is 4.90 Å². The predicted octanol–water partition coefficient (Wildman–Crippen LogP) is 4.99. The van der Waals surface area contributed by atoms with E-state index in [0.717, 1.165) is 32.0 Å². The first kappa shape index (κ1) is 17.2. The lowest BCUT2D eigenvalue weighted by Crippen LogP contribution is -2.29. The van der Waals surface area contributed by atoms with E-state index in [9.17, 15) is 4.79 Å². The molecule has 1 amide bonds. The molecule has 2 heterocycles. The second kappa shape index (κ2) is 6.85. The maximum atomic E-state index is 13.0. The fraction of sp³-hybridized carbons (Fsp3) is 0.200. The molecule has 0 radical (unpaired) electrons. The third-order valence-electron chi connectivity index (χ3n) is 4.44. The van der Waals surface area contributed by atoms with Crippen LogP contribution in [-0.4, -0.2) is 29.6 Å². The lowest BCUT2D eigenvalue weighted by atomic mass is 10.2. The normalized spacial score (nSPS) is 21.0. The third kappa shape index (κ3) is 2.83. The van der Waals surface area contributed by atoms with Crippen LogP contribution in [0.2, 0.25) is 0 Å². The summed E-state index contributed by atoms with van der Waals surface area (Å²) in [6.45, 7) is 4.63. The largest absolute Gasteiger partial charge is 0.337 e. The summed E-state index contributed by atoms with van der Waals surface area (Å²) in [6, 6.07) is 16.2. The van der Waals surface area contributed by atoms with Gasteiger partial charge in [0.2, 0.25) is 0 Å². The second-order valence-corrected chi connectivity index (χ2v) is 8.10. The molecule has 1 saturated heterocycles. The molecule has 0 atom stereocenters. The van der Waals surface area contributed by atoms with Crippen LogP contribution < -0.4 is 4.90 Å². The van der Waals surface area contributed by atoms with Gasteiger partial charge in [-0.25, -0.2) is 4.99 Å². The molecule has 4 rings (SSSR count). The van der Waals surface area contributed by atoms with Crippen molar-refractivity contribution in [2.45, 2.75) is 18.7 Å². The van der Waals surface area contributed by atoms with Gasteiger partial charge in [-0.05, 0) is 49.4 Å². The molecule has 132 valence electrons. The number of benzene rings is 2. The van der Waals surface area contributed by atoms with Crippen LogP contribution in [0, 0.1) is 6.92 Å². The van der Waals surface area contributed by atoms with Crippen molar-refractivity contribution in [2.75, 3.05) is 18.5 Å². The van der Waals surface area contributed by atoms with E-state index < -0.39 is 0 Å². The van der Waals surface area contributed by atoms with E-state index >= 15 is 0 Å². The SMILES string of the molecule is CCN1C(=O)C(=C2Sc3ccccc3N2C)SC1=Nc1ccccc1C. The molecule has 2 aromatic carbocycles. The van der Waals surface area contributed by atoms with Gasteiger partial charge in [0.05, 0.1) is 16.4 Å². The van der Waals surface area contributed by atoms with Gasteiger partial charge in [-0.3, -0.25) is 9.69 Å². The standard InChI is InChI=1S/C20H19N3OS2/c1-4-23-18(24)17(19-22(3)15-11-7-8-12-16(15)25-19)26-20(23)21-14-10-6-5-9-13(14)2/h5-12H,4H2,1-3H3. The van der Waals surface area contributed by atoms with Crippen LogP contribution in [0.15, 0.2) is 68.4 Å². The van der Waals surface area contributed by atoms with Gasteiger partial charge in [0, 0.05) is 18.5 Å². The lowest BCUT2D eigenvalue weighted by Gasteiger charge is -2.15. The number of rotatable bonds is 2. The van der Waals surface area contributed by atoms with Crippen LogP contribution in [0.25, 0.3) is 0 Å². The Kier molecular flexibility index (Phi) is 4.54. The fourth-order valence-corrected chi connectivity index (χ4v) is 5.39. The van der Waals surface area contributed by atoms with Gasteiger partial charge in [-0.2, -0.15) is 0 Å². The number of aliphatic imine (C=N–C) groups is 1. The van der Waals surface area contributed by atoms with E-state index in [4.69, 9.17) is 4.99 Å². The molecule has 0 aromatic heterocycles. The van der Waals surface area contributed by atoms with Crippen molar-refractivity contribution in [3.05, 3.63) is 64.0 Å². The Hall–Kier alpha value is -2.18. The highest BCUT2D eigenvalue weighted by atomic mass is 32.2. The number of hydrogen-bond acceptors (Lipinski definition) is 5. The molecule has 0 spiro atoms. The first-order chi connectivity index (χ1) is 12.6. The van der Waals surface area contributed by atoms with Gasteiger partial charge in [0.15, 0.2) is 5.17 Å². The highest BCUT2D eigenvalue weighted by Crippen LogP contribution is 2.49. The molecular weight excluding hydrogens is 362 g/mol. The Morgan fingerprint density at radius 2 is 1.77 bits per heavy atom. The number of thioether (sulfide) groups is 2. The second-order valence-electron chi connectivity index (χ2n) is 6.10. The Labute approximate surface area is 162 Å². The molecule has 0 bridgehead atoms. The Balaban J connectivity index is 1.75. The quantitative estimate of drug-likeness (QED) is 0.687. The van der Waals surface area contributed by atoms with E-state index in [1.807, 2.05) is 57.3 Å². The van der Waals surface area contributed by atoms with Crippen molar-refractivity contribution in [3.8, 4) is 0 Å². The molecule has 6 heteroatoms. The van der Waals surface area contributed by atoms with Crippen molar-refractivity contribution in [1.29, 1.82) is 0 Å². The summed E-state index contributed by atoms with van der Waals surface area (Å²) >= 11 is 3.12. The molecule has 0 unspecified atom stereocenters. The number of likely N-dealkylation sites (N-methyl/N-ethyl adjacent to an activating group) is 1. The molecule has 26 heavy (non-hydrogen) atoms. The Bertz CT molecular complexity index is 952. The molecule has 2 aromatic rings. The van der Waals surface area contributed by atoms with Crippen LogP contribution in [-0.2, 0) is 4.79 Å². The summed E-state index contributed by atoms with van der Waals surface area (Å²) in [5.74, 6) is 0.0343. The molecule has 2 aliphatic rings. The average Bonchev–Trinajstić information content (AvgIpc) is 3.14. The number of para-hydroxylation sites is 2. The Morgan fingerprint density at radius 3 is 2.50 bits per heavy atom. The number of carbonyl (C=O) groups is 1. The van der Waals surface area contributed by atoms with Gasteiger partial charge in [0.1, 0.15) is 4.91 Å². The van der Waals surface area contributed by atoms with E-state index in [-0.39, 0.29) is 5.91 Å². The van der Waals surface area contributed by atoms with Gasteiger partial charge >= 0.3 is 0 Å². The maximum Gasteiger partial charge on any atom is 0.269 e. The number of aryl methyl sites for hydroxylation is 1. The number of amides is 1. The number of hydrogen-bond donors (Lipinski definition) is 0. The molecule has 0 aliphatic carbocycles. The minimum atomic E-state index is 0.0343. The van der Waals surface area contributed by atoms with E-state index in [0.29, 0.717) is 6.54 Å². The number of fused-ring (bicyclic) bond motifs is 1. The summed E-state index contributed by atoms with van der Waals surface area (Å²) < 4.78 is 0. The zero-order chi connectivity index (χ0) is 18.3. The first-order valence-corrected chi connectivity index (χ1v) is 10.1. The van der Waals surface area contributed by atoms with Crippen molar-refractivity contribution in [2.24, 2.45) is 4.99 Å². The van der Waals surface area contributed by atoms with Gasteiger partial charge in [0.25, 0.3) is 5.91 Å². The van der Waals surface area contributed by atoms with E-state index in [1.54, 1.807) is 16.7 Å². The van der Waals surface area contributed by atoms with Crippen LogP contribution >= 0.6 is 23.5 Å². The highest BCUT2D eigenvalue weighted by molar-refractivity contribution is 8.19. The number of carbonyl (C=O) groups excluding carboxylic acids is 1. The van der Waals surface area contributed by atoms with Crippen molar-refractivity contribution >= 4 is 46.0 Å². The Morgan fingerprint density at radius 1 is 1.04 bits per heavy atom. The summed E-state index contributed by atoms with van der Waals surface area (Å²) in [5, 5.41) is 1.73. The lowest BCUT2D eigenvalue weighted by molar-refractivity contribution is -0.122. The van der Waals surface area contributed by atoms with E-state index in [2.05, 4.69) is 17.0 Å². The molecule has 1 fully saturated rings. The summed E-state index contributed by atoms with van der Waals surface area (Å²) in [7, 11) is 2.02. The zero-order valence-electron chi connectivity index (χ0n) is 14.9.